The molecule has 5 N–H and O–H groups in total. The number of phenolic OH excluding ortho intramolecular Hbond substituents is 1. The average Bonchev–Trinajstić information content (AvgIpc) is 3.14. The predicted octanol–water partition coefficient (Wildman–Crippen LogP) is 0.970. The zero-order valence-corrected chi connectivity index (χ0v) is 17.0. The summed E-state index contributed by atoms with van der Waals surface area (Å²) in [4.78, 5) is 25.4. The van der Waals surface area contributed by atoms with Crippen molar-refractivity contribution >= 4 is 20.1 Å². The largest absolute Gasteiger partial charge is 0.508 e. The van der Waals surface area contributed by atoms with E-state index in [4.69, 9.17) is 16.2 Å². The Bertz CT molecular complexity index is 1150. The van der Waals surface area contributed by atoms with Gasteiger partial charge in [-0.1, -0.05) is 6.07 Å². The minimum Gasteiger partial charge on any atom is -0.508 e. The van der Waals surface area contributed by atoms with Gasteiger partial charge in [0, 0.05) is 32.8 Å². The summed E-state index contributed by atoms with van der Waals surface area (Å²) in [6, 6.07) is 4.58. The lowest BCUT2D eigenvalue weighted by atomic mass is 10.0. The van der Waals surface area contributed by atoms with Gasteiger partial charge in [-0.25, -0.2) is 0 Å². The van der Waals surface area contributed by atoms with E-state index in [1.807, 2.05) is 0 Å². The summed E-state index contributed by atoms with van der Waals surface area (Å²) in [7, 11) is 1.59. The van der Waals surface area contributed by atoms with Crippen LogP contribution < -0.4 is 17.0 Å². The Morgan fingerprint density at radius 1 is 1.30 bits per heavy atom. The second-order valence-corrected chi connectivity index (χ2v) is 6.72. The number of nitrogens with zero attached hydrogens (tertiary/aromatic N) is 3. The number of carbonyl (C=O) groups is 1. The number of aromatic nitrogens is 3. The monoisotopic (exact) mass is 408 g/mol. The van der Waals surface area contributed by atoms with Crippen LogP contribution >= 0.6 is 0 Å². The van der Waals surface area contributed by atoms with Gasteiger partial charge < -0.3 is 21.3 Å². The van der Waals surface area contributed by atoms with Crippen molar-refractivity contribution in [3.8, 4) is 22.6 Å². The van der Waals surface area contributed by atoms with E-state index in [2.05, 4.69) is 5.10 Å². The maximum atomic E-state index is 13.4. The molecule has 0 aliphatic rings. The van der Waals surface area contributed by atoms with E-state index in [0.717, 1.165) is 0 Å². The van der Waals surface area contributed by atoms with E-state index in [1.165, 1.54) is 22.9 Å². The maximum Gasteiger partial charge on any atom is 0.264 e. The first kappa shape index (κ1) is 22.8. The topological polar surface area (TPSA) is 138 Å². The molecule has 155 valence electrons. The van der Waals surface area contributed by atoms with Gasteiger partial charge in [0.1, 0.15) is 11.6 Å². The fraction of sp³-hybridized carbons (Fsp3) is 0.250. The van der Waals surface area contributed by atoms with Crippen molar-refractivity contribution in [1.29, 1.82) is 0 Å². The number of nitrogens with two attached hydrogens (primary N) is 2. The van der Waals surface area contributed by atoms with Crippen LogP contribution in [0, 0.1) is 13.8 Å². The van der Waals surface area contributed by atoms with Crippen LogP contribution in [0.4, 0.5) is 5.82 Å². The summed E-state index contributed by atoms with van der Waals surface area (Å²) in [6.45, 7) is 4.42. The number of benzene rings is 1. The Hall–Kier alpha value is -3.53. The average molecular weight is 408 g/mol. The molecule has 0 fully saturated rings. The van der Waals surface area contributed by atoms with Gasteiger partial charge in [-0.15, -0.1) is 0 Å². The number of primary amides is 1. The van der Waals surface area contributed by atoms with Crippen LogP contribution in [0.1, 0.15) is 21.5 Å². The maximum absolute atomic E-state index is 13.4. The van der Waals surface area contributed by atoms with E-state index in [0.29, 0.717) is 35.5 Å². The number of ether oxygens (including phenoxy) is 1. The molecule has 1 aromatic carbocycles. The summed E-state index contributed by atoms with van der Waals surface area (Å²) in [5.41, 5.74) is 13.5. The first-order valence-corrected chi connectivity index (χ1v) is 8.92. The Balaban J connectivity index is 0.00000320. The lowest BCUT2D eigenvalue weighted by Crippen LogP contribution is -2.28. The third-order valence-electron chi connectivity index (χ3n) is 4.80. The second kappa shape index (κ2) is 8.87. The predicted molar refractivity (Wildman–Crippen MR) is 115 cm³/mol. The number of anilines is 1. The molecule has 2 heterocycles. The molecule has 0 spiro atoms. The number of methoxy groups -OCH3 is 1. The molecule has 3 rings (SSSR count). The van der Waals surface area contributed by atoms with Gasteiger partial charge in [-0.05, 0) is 31.5 Å². The molecular weight excluding hydrogens is 385 g/mol. The van der Waals surface area contributed by atoms with Crippen LogP contribution in [0.15, 0.2) is 35.4 Å². The molecule has 3 aromatic rings. The molecule has 0 aliphatic heterocycles. The van der Waals surface area contributed by atoms with E-state index < -0.39 is 11.5 Å². The minimum absolute atomic E-state index is 0. The van der Waals surface area contributed by atoms with Crippen molar-refractivity contribution in [2.24, 2.45) is 5.73 Å². The zero-order chi connectivity index (χ0) is 21.3. The lowest BCUT2D eigenvalue weighted by Gasteiger charge is -2.19. The molecule has 0 bridgehead atoms. The molecule has 0 aliphatic carbocycles. The Labute approximate surface area is 175 Å². The normalized spacial score (nSPS) is 10.6. The fourth-order valence-electron chi connectivity index (χ4n) is 3.24. The molecule has 10 heteroatoms. The highest BCUT2D eigenvalue weighted by atomic mass is 16.5. The molecule has 0 saturated carbocycles. The molecule has 2 aromatic heterocycles. The van der Waals surface area contributed by atoms with E-state index in [-0.39, 0.29) is 31.1 Å². The van der Waals surface area contributed by atoms with Crippen LogP contribution in [-0.2, 0) is 11.3 Å². The minimum atomic E-state index is -0.764. The SMILES string of the molecule is COCCn1cc(-c2cc(C(N)=O)c(N)n(-c3c(C)ccc(O)c3C)c2=O)cn1.[B]. The summed E-state index contributed by atoms with van der Waals surface area (Å²) < 4.78 is 7.88. The molecule has 0 unspecified atom stereocenters. The Kier molecular flexibility index (Phi) is 6.73. The zero-order valence-electron chi connectivity index (χ0n) is 17.0. The van der Waals surface area contributed by atoms with E-state index in [1.54, 1.807) is 37.9 Å². The highest BCUT2D eigenvalue weighted by molar-refractivity contribution is 5.98. The van der Waals surface area contributed by atoms with Crippen LogP contribution in [0.3, 0.4) is 0 Å². The van der Waals surface area contributed by atoms with Crippen molar-refractivity contribution in [1.82, 2.24) is 14.3 Å². The molecule has 9 nitrogen and oxygen atoms in total. The number of aryl methyl sites for hydroxylation is 1. The summed E-state index contributed by atoms with van der Waals surface area (Å²) in [6.07, 6.45) is 3.21. The van der Waals surface area contributed by atoms with Gasteiger partial charge in [0.15, 0.2) is 0 Å². The summed E-state index contributed by atoms with van der Waals surface area (Å²) >= 11 is 0. The van der Waals surface area contributed by atoms with Crippen LogP contribution in [0.25, 0.3) is 16.8 Å². The quantitative estimate of drug-likeness (QED) is 0.520. The van der Waals surface area contributed by atoms with Crippen molar-refractivity contribution in [2.75, 3.05) is 19.5 Å². The Morgan fingerprint density at radius 2 is 2.00 bits per heavy atom. The third-order valence-corrected chi connectivity index (χ3v) is 4.80. The standard InChI is InChI=1S/C20H23N5O4.B/c1-11-4-5-16(26)12(2)17(11)25-18(21)15(19(22)27)8-14(20(25)28)13-9-23-24(10-13)6-7-29-3;/h4-5,8-10,26H,6-7,21H2,1-3H3,(H2,22,27);. The van der Waals surface area contributed by atoms with Crippen LogP contribution in [0.2, 0.25) is 0 Å². The van der Waals surface area contributed by atoms with Crippen LogP contribution in [-0.4, -0.2) is 47.5 Å². The van der Waals surface area contributed by atoms with Crippen molar-refractivity contribution in [2.45, 2.75) is 20.4 Å². The number of hydrogen-bond acceptors (Lipinski definition) is 6. The molecule has 1 amide bonds. The number of nitrogen functional groups attached to an aromatic ring is 1. The number of hydrogen-bond donors (Lipinski definition) is 3. The van der Waals surface area contributed by atoms with Gasteiger partial charge >= 0.3 is 0 Å². The first-order valence-electron chi connectivity index (χ1n) is 8.92. The number of pyridine rings is 1. The number of aromatic hydroxyl groups is 1. The van der Waals surface area contributed by atoms with Gasteiger partial charge in [0.05, 0.1) is 36.2 Å². The first-order chi connectivity index (χ1) is 13.8. The van der Waals surface area contributed by atoms with Crippen molar-refractivity contribution in [3.63, 3.8) is 0 Å². The highest BCUT2D eigenvalue weighted by Gasteiger charge is 2.22. The molecule has 0 atom stereocenters. The second-order valence-electron chi connectivity index (χ2n) is 6.72. The smallest absolute Gasteiger partial charge is 0.264 e. The number of amides is 1. The van der Waals surface area contributed by atoms with E-state index >= 15 is 0 Å². The summed E-state index contributed by atoms with van der Waals surface area (Å²) in [5.74, 6) is -0.843. The third kappa shape index (κ3) is 3.94. The fourth-order valence-corrected chi connectivity index (χ4v) is 3.24. The van der Waals surface area contributed by atoms with Crippen molar-refractivity contribution in [3.05, 3.63) is 57.6 Å². The van der Waals surface area contributed by atoms with E-state index in [9.17, 15) is 14.7 Å². The van der Waals surface area contributed by atoms with Gasteiger partial charge in [-0.3, -0.25) is 18.8 Å². The molecular formula is C20H23BN5O4. The highest BCUT2D eigenvalue weighted by Crippen LogP contribution is 2.30. The van der Waals surface area contributed by atoms with Gasteiger partial charge in [0.25, 0.3) is 11.5 Å². The van der Waals surface area contributed by atoms with Crippen molar-refractivity contribution < 1.29 is 14.6 Å². The number of carbonyl (C=O) groups excluding carboxylic acids is 1. The number of rotatable bonds is 6. The van der Waals surface area contributed by atoms with Gasteiger partial charge in [0.2, 0.25) is 0 Å². The lowest BCUT2D eigenvalue weighted by molar-refractivity contribution is 0.100. The Morgan fingerprint density at radius 3 is 2.63 bits per heavy atom. The van der Waals surface area contributed by atoms with Crippen LogP contribution in [0.5, 0.6) is 5.75 Å². The summed E-state index contributed by atoms with van der Waals surface area (Å²) in [5, 5.41) is 14.4. The molecule has 3 radical (unpaired) electrons. The molecule has 0 saturated heterocycles. The number of phenols is 1. The molecule has 30 heavy (non-hydrogen) atoms. The van der Waals surface area contributed by atoms with Gasteiger partial charge in [-0.2, -0.15) is 5.10 Å².